The Morgan fingerprint density at radius 3 is 2.82 bits per heavy atom. The van der Waals surface area contributed by atoms with Crippen molar-refractivity contribution in [1.29, 1.82) is 0 Å². The Morgan fingerprint density at radius 2 is 2.12 bits per heavy atom. The lowest BCUT2D eigenvalue weighted by Gasteiger charge is -2.04. The molecule has 2 N–H and O–H groups in total. The van der Waals surface area contributed by atoms with E-state index in [-0.39, 0.29) is 5.78 Å². The van der Waals surface area contributed by atoms with E-state index in [9.17, 15) is 9.18 Å². The number of carbonyl (C=O) groups excluding carboxylic acids is 1. The third-order valence-corrected chi connectivity index (χ3v) is 2.63. The predicted molar refractivity (Wildman–Crippen MR) is 68.4 cm³/mol. The first kappa shape index (κ1) is 13.4. The van der Waals surface area contributed by atoms with Crippen molar-refractivity contribution in [1.82, 2.24) is 0 Å². The van der Waals surface area contributed by atoms with Crippen molar-refractivity contribution in [3.8, 4) is 0 Å². The van der Waals surface area contributed by atoms with Gasteiger partial charge in [-0.1, -0.05) is 12.5 Å². The quantitative estimate of drug-likeness (QED) is 0.339. The Bertz CT molecular complexity index is 401. The van der Waals surface area contributed by atoms with Gasteiger partial charge >= 0.3 is 0 Å². The number of halogens is 1. The first-order chi connectivity index (χ1) is 8.15. The van der Waals surface area contributed by atoms with Gasteiger partial charge in [-0.3, -0.25) is 4.79 Å². The van der Waals surface area contributed by atoms with Gasteiger partial charge in [0.15, 0.2) is 5.78 Å². The molecule has 0 spiro atoms. The average Bonchev–Trinajstić information content (AvgIpc) is 2.32. The smallest absolute Gasteiger partial charge is 0.165 e. The molecule has 0 aliphatic rings. The van der Waals surface area contributed by atoms with E-state index in [4.69, 9.17) is 5.73 Å². The number of anilines is 1. The first-order valence-corrected chi connectivity index (χ1v) is 5.84. The molecule has 0 atom stereocenters. The Kier molecular flexibility index (Phi) is 5.40. The normalized spacial score (nSPS) is 10.2. The van der Waals surface area contributed by atoms with Crippen molar-refractivity contribution in [2.75, 3.05) is 5.73 Å². The van der Waals surface area contributed by atoms with Gasteiger partial charge in [0.05, 0.1) is 0 Å². The number of hydrogen-bond donors (Lipinski definition) is 1. The van der Waals surface area contributed by atoms with Crippen LogP contribution in [0.25, 0.3) is 0 Å². The molecule has 0 unspecified atom stereocenters. The highest BCUT2D eigenvalue weighted by Crippen LogP contribution is 2.17. The van der Waals surface area contributed by atoms with Gasteiger partial charge in [0.25, 0.3) is 0 Å². The van der Waals surface area contributed by atoms with Crippen molar-refractivity contribution in [2.45, 2.75) is 32.1 Å². The number of benzene rings is 1. The van der Waals surface area contributed by atoms with Crippen LogP contribution < -0.4 is 5.73 Å². The Labute approximate surface area is 101 Å². The molecule has 0 bridgehead atoms. The summed E-state index contributed by atoms with van der Waals surface area (Å²) in [6, 6.07) is 3.90. The number of unbranched alkanes of at least 4 members (excludes halogenated alkanes) is 3. The van der Waals surface area contributed by atoms with E-state index in [1.807, 2.05) is 6.08 Å². The van der Waals surface area contributed by atoms with E-state index in [0.29, 0.717) is 17.7 Å². The molecular weight excluding hydrogens is 217 g/mol. The molecule has 0 amide bonds. The summed E-state index contributed by atoms with van der Waals surface area (Å²) in [6.45, 7) is 3.64. The molecule has 0 radical (unpaired) electrons. The second-order valence-corrected chi connectivity index (χ2v) is 4.04. The minimum absolute atomic E-state index is 0.0828. The van der Waals surface area contributed by atoms with Gasteiger partial charge in [-0.2, -0.15) is 0 Å². The summed E-state index contributed by atoms with van der Waals surface area (Å²) in [5.41, 5.74) is 6.29. The molecule has 0 aromatic heterocycles. The zero-order chi connectivity index (χ0) is 12.7. The fourth-order valence-electron chi connectivity index (χ4n) is 1.66. The fraction of sp³-hybridized carbons (Fsp3) is 0.357. The topological polar surface area (TPSA) is 43.1 Å². The highest BCUT2D eigenvalue weighted by molar-refractivity contribution is 6.00. The number of Topliss-reactive ketones (excluding diaryl/α,β-unsaturated/α-hetero) is 1. The third-order valence-electron chi connectivity index (χ3n) is 2.63. The maximum atomic E-state index is 13.0. The van der Waals surface area contributed by atoms with Gasteiger partial charge in [0, 0.05) is 17.7 Å². The van der Waals surface area contributed by atoms with E-state index in [2.05, 4.69) is 6.58 Å². The van der Waals surface area contributed by atoms with Gasteiger partial charge in [-0.25, -0.2) is 4.39 Å². The summed E-state index contributed by atoms with van der Waals surface area (Å²) in [4.78, 5) is 11.8. The summed E-state index contributed by atoms with van der Waals surface area (Å²) in [6.07, 6.45) is 6.08. The van der Waals surface area contributed by atoms with Crippen LogP contribution in [-0.2, 0) is 0 Å². The molecule has 1 rings (SSSR count). The van der Waals surface area contributed by atoms with E-state index in [1.165, 1.54) is 18.2 Å². The van der Waals surface area contributed by atoms with Crippen LogP contribution in [0.5, 0.6) is 0 Å². The SMILES string of the molecule is C=CCCCCCC(=O)c1cc(F)ccc1N. The molecule has 1 aromatic carbocycles. The first-order valence-electron chi connectivity index (χ1n) is 5.84. The van der Waals surface area contributed by atoms with E-state index in [1.54, 1.807) is 0 Å². The molecule has 3 heteroatoms. The third kappa shape index (κ3) is 4.39. The molecule has 92 valence electrons. The number of nitrogens with two attached hydrogens (primary N) is 1. The molecule has 1 aromatic rings. The number of carbonyl (C=O) groups is 1. The van der Waals surface area contributed by atoms with Crippen molar-refractivity contribution in [3.63, 3.8) is 0 Å². The highest BCUT2D eigenvalue weighted by atomic mass is 19.1. The molecule has 0 aliphatic carbocycles. The van der Waals surface area contributed by atoms with Gasteiger partial charge in [-0.05, 0) is 37.5 Å². The van der Waals surface area contributed by atoms with Crippen LogP contribution in [0.3, 0.4) is 0 Å². The summed E-state index contributed by atoms with van der Waals surface area (Å²) in [5.74, 6) is -0.505. The molecule has 0 saturated carbocycles. The summed E-state index contributed by atoms with van der Waals surface area (Å²) in [5, 5.41) is 0. The van der Waals surface area contributed by atoms with Crippen molar-refractivity contribution in [2.24, 2.45) is 0 Å². The second-order valence-electron chi connectivity index (χ2n) is 4.04. The number of ketones is 1. The number of nitrogen functional groups attached to an aromatic ring is 1. The number of rotatable bonds is 7. The number of hydrogen-bond acceptors (Lipinski definition) is 2. The molecule has 0 saturated heterocycles. The minimum atomic E-state index is -0.422. The van der Waals surface area contributed by atoms with Crippen LogP contribution in [-0.4, -0.2) is 5.78 Å². The second kappa shape index (κ2) is 6.84. The Balaban J connectivity index is 2.46. The molecule has 0 aliphatic heterocycles. The standard InChI is InChI=1S/C14H18FNO/c1-2-3-4-5-6-7-14(17)12-10-11(15)8-9-13(12)16/h2,8-10H,1,3-7,16H2. The van der Waals surface area contributed by atoms with Crippen LogP contribution in [0, 0.1) is 5.82 Å². The lowest BCUT2D eigenvalue weighted by atomic mass is 10.0. The van der Waals surface area contributed by atoms with Crippen molar-refractivity contribution < 1.29 is 9.18 Å². The zero-order valence-electron chi connectivity index (χ0n) is 9.92. The largest absolute Gasteiger partial charge is 0.398 e. The van der Waals surface area contributed by atoms with Gasteiger partial charge < -0.3 is 5.73 Å². The summed E-state index contributed by atoms with van der Waals surface area (Å²) < 4.78 is 13.0. The van der Waals surface area contributed by atoms with E-state index < -0.39 is 5.82 Å². The van der Waals surface area contributed by atoms with Gasteiger partial charge in [0.2, 0.25) is 0 Å². The van der Waals surface area contributed by atoms with E-state index in [0.717, 1.165) is 25.7 Å². The minimum Gasteiger partial charge on any atom is -0.398 e. The lowest BCUT2D eigenvalue weighted by molar-refractivity contribution is 0.0979. The predicted octanol–water partition coefficient (Wildman–Crippen LogP) is 3.73. The van der Waals surface area contributed by atoms with Crippen molar-refractivity contribution >= 4 is 11.5 Å². The zero-order valence-corrected chi connectivity index (χ0v) is 9.92. The van der Waals surface area contributed by atoms with Crippen LogP contribution in [0.4, 0.5) is 10.1 Å². The summed E-state index contributed by atoms with van der Waals surface area (Å²) in [7, 11) is 0. The maximum Gasteiger partial charge on any atom is 0.165 e. The number of allylic oxidation sites excluding steroid dienone is 1. The molecule has 17 heavy (non-hydrogen) atoms. The van der Waals surface area contributed by atoms with Crippen molar-refractivity contribution in [3.05, 3.63) is 42.2 Å². The van der Waals surface area contributed by atoms with Crippen LogP contribution in [0.15, 0.2) is 30.9 Å². The molecule has 0 heterocycles. The fourth-order valence-corrected chi connectivity index (χ4v) is 1.66. The molecular formula is C14H18FNO. The van der Waals surface area contributed by atoms with Gasteiger partial charge in [-0.15, -0.1) is 6.58 Å². The highest BCUT2D eigenvalue weighted by Gasteiger charge is 2.10. The molecule has 2 nitrogen and oxygen atoms in total. The molecule has 0 fully saturated rings. The Morgan fingerprint density at radius 1 is 1.35 bits per heavy atom. The van der Waals surface area contributed by atoms with Crippen LogP contribution >= 0.6 is 0 Å². The van der Waals surface area contributed by atoms with Crippen LogP contribution in [0.1, 0.15) is 42.5 Å². The summed E-state index contributed by atoms with van der Waals surface area (Å²) >= 11 is 0. The Hall–Kier alpha value is -1.64. The lowest BCUT2D eigenvalue weighted by Crippen LogP contribution is -2.04. The van der Waals surface area contributed by atoms with Crippen LogP contribution in [0.2, 0.25) is 0 Å². The van der Waals surface area contributed by atoms with E-state index >= 15 is 0 Å². The van der Waals surface area contributed by atoms with Gasteiger partial charge in [0.1, 0.15) is 5.82 Å². The monoisotopic (exact) mass is 235 g/mol. The average molecular weight is 235 g/mol. The maximum absolute atomic E-state index is 13.0.